The number of hydrogen-bond acceptors (Lipinski definition) is 1. The van der Waals surface area contributed by atoms with E-state index in [9.17, 15) is 4.57 Å². The third-order valence-electron chi connectivity index (χ3n) is 1.52. The molecule has 0 saturated carbocycles. The zero-order chi connectivity index (χ0) is 8.74. The molecule has 0 heterocycles. The van der Waals surface area contributed by atoms with Crippen LogP contribution in [0, 0.1) is 0 Å². The normalized spacial score (nSPS) is 13.2. The van der Waals surface area contributed by atoms with Gasteiger partial charge in [-0.3, -0.25) is 0 Å². The third kappa shape index (κ3) is 6.35. The molecule has 0 N–H and O–H groups in total. The second-order valence-corrected chi connectivity index (χ2v) is 4.49. The highest BCUT2D eigenvalue weighted by molar-refractivity contribution is 7.44. The fourth-order valence-corrected chi connectivity index (χ4v) is 2.34. The predicted octanol–water partition coefficient (Wildman–Crippen LogP) is 3.15. The van der Waals surface area contributed by atoms with Crippen molar-refractivity contribution in [3.8, 4) is 0 Å². The van der Waals surface area contributed by atoms with Crippen LogP contribution in [0.25, 0.3) is 0 Å². The second kappa shape index (κ2) is 7.34. The van der Waals surface area contributed by atoms with Crippen LogP contribution in [0.3, 0.4) is 0 Å². The van der Waals surface area contributed by atoms with Crippen molar-refractivity contribution in [2.24, 2.45) is 0 Å². The standard InChI is InChI=1S/C8H19OP/c1-3-5-7-10(9)8-6-4-2/h10H,3-8H2,1-2H3/i10D. The molecule has 0 aliphatic carbocycles. The largest absolute Gasteiger partial charge is 0.327 e. The van der Waals surface area contributed by atoms with Gasteiger partial charge in [-0.1, -0.05) is 26.7 Å². The summed E-state index contributed by atoms with van der Waals surface area (Å²) in [4.78, 5) is 0. The molecule has 0 atom stereocenters. The molecule has 10 heavy (non-hydrogen) atoms. The highest BCUT2D eigenvalue weighted by Crippen LogP contribution is 2.23. The smallest absolute Gasteiger partial charge is 0.100 e. The molecule has 0 aliphatic rings. The fraction of sp³-hybridized carbons (Fsp3) is 1.00. The summed E-state index contributed by atoms with van der Waals surface area (Å²) in [7, 11) is -2.48. The fourth-order valence-electron chi connectivity index (χ4n) is 0.781. The van der Waals surface area contributed by atoms with Crippen LogP contribution in [-0.2, 0) is 4.57 Å². The van der Waals surface area contributed by atoms with Gasteiger partial charge in [0.2, 0.25) is 0 Å². The molecule has 0 aliphatic heterocycles. The van der Waals surface area contributed by atoms with Crippen LogP contribution in [0.1, 0.15) is 39.5 Å². The quantitative estimate of drug-likeness (QED) is 0.550. The molecular formula is C8H19OP. The minimum Gasteiger partial charge on any atom is -0.327 e. The molecule has 0 spiro atoms. The average Bonchev–Trinajstić information content (AvgIpc) is 1.97. The Kier molecular flexibility index (Phi) is 6.11. The zero-order valence-electron chi connectivity index (χ0n) is 8.10. The van der Waals surface area contributed by atoms with E-state index in [1.54, 1.807) is 0 Å². The number of hydrogen-bond donors (Lipinski definition) is 0. The first-order chi connectivity index (χ1) is 5.12. The first-order valence-corrected chi connectivity index (χ1v) is 5.86. The summed E-state index contributed by atoms with van der Waals surface area (Å²) in [6.45, 7) is 4.14. The van der Waals surface area contributed by atoms with Crippen LogP contribution in [0.5, 0.6) is 0 Å². The molecule has 0 aromatic rings. The van der Waals surface area contributed by atoms with Crippen molar-refractivity contribution in [1.29, 1.82) is 1.28 Å². The van der Waals surface area contributed by atoms with Crippen LogP contribution in [0.4, 0.5) is 0 Å². The Morgan fingerprint density at radius 3 is 1.90 bits per heavy atom. The summed E-state index contributed by atoms with van der Waals surface area (Å²) >= 11 is 0. The van der Waals surface area contributed by atoms with Gasteiger partial charge in [0, 0.05) is 0 Å². The minimum atomic E-state index is -2.48. The van der Waals surface area contributed by atoms with Gasteiger partial charge in [0.05, 0.1) is 7.75 Å². The van der Waals surface area contributed by atoms with E-state index in [-0.39, 0.29) is 0 Å². The Morgan fingerprint density at radius 2 is 1.60 bits per heavy atom. The van der Waals surface area contributed by atoms with Gasteiger partial charge < -0.3 is 4.57 Å². The van der Waals surface area contributed by atoms with Crippen LogP contribution in [0.2, 0.25) is 0 Å². The monoisotopic (exact) mass is 163 g/mol. The van der Waals surface area contributed by atoms with E-state index in [1.165, 1.54) is 0 Å². The van der Waals surface area contributed by atoms with E-state index in [4.69, 9.17) is 1.28 Å². The molecule has 0 aromatic carbocycles. The molecule has 0 fully saturated rings. The van der Waals surface area contributed by atoms with Crippen LogP contribution < -0.4 is 0 Å². The molecule has 1 nitrogen and oxygen atoms in total. The Hall–Kier alpha value is 0.230. The lowest BCUT2D eigenvalue weighted by atomic mass is 10.4. The first kappa shape index (κ1) is 8.33. The van der Waals surface area contributed by atoms with E-state index in [2.05, 4.69) is 13.8 Å². The Bertz CT molecular complexity index is 124. The summed E-state index contributed by atoms with van der Waals surface area (Å²) in [5.74, 6) is 0. The van der Waals surface area contributed by atoms with Gasteiger partial charge in [-0.2, -0.15) is 0 Å². The third-order valence-corrected chi connectivity index (χ3v) is 3.15. The van der Waals surface area contributed by atoms with E-state index in [0.29, 0.717) is 12.3 Å². The molecule has 0 bridgehead atoms. The highest BCUT2D eigenvalue weighted by Gasteiger charge is 1.96. The van der Waals surface area contributed by atoms with E-state index in [1.807, 2.05) is 0 Å². The maximum absolute atomic E-state index is 11.4. The number of unbranched alkanes of at least 4 members (excludes halogenated alkanes) is 2. The van der Waals surface area contributed by atoms with E-state index >= 15 is 0 Å². The van der Waals surface area contributed by atoms with Crippen molar-refractivity contribution in [3.05, 3.63) is 0 Å². The van der Waals surface area contributed by atoms with Gasteiger partial charge in [0.15, 0.2) is 0 Å². The van der Waals surface area contributed by atoms with Crippen LogP contribution in [0.15, 0.2) is 0 Å². The second-order valence-electron chi connectivity index (χ2n) is 2.64. The molecule has 0 amide bonds. The molecular weight excluding hydrogens is 143 g/mol. The summed E-state index contributed by atoms with van der Waals surface area (Å²) in [6.07, 6.45) is 5.26. The molecule has 62 valence electrons. The van der Waals surface area contributed by atoms with Gasteiger partial charge in [-0.25, -0.2) is 0 Å². The van der Waals surface area contributed by atoms with Crippen LogP contribution >= 0.6 is 7.75 Å². The van der Waals surface area contributed by atoms with Gasteiger partial charge in [0.25, 0.3) is 0 Å². The molecule has 2 heteroatoms. The SMILES string of the molecule is [2H]P(=O)(CCCC)CCCC. The maximum Gasteiger partial charge on any atom is 0.100 e. The van der Waals surface area contributed by atoms with Crippen molar-refractivity contribution < 1.29 is 4.57 Å². The summed E-state index contributed by atoms with van der Waals surface area (Å²) in [5, 5.41) is 0. The summed E-state index contributed by atoms with van der Waals surface area (Å²) in [5.41, 5.74) is 0. The van der Waals surface area contributed by atoms with Crippen molar-refractivity contribution >= 4 is 7.75 Å². The lowest BCUT2D eigenvalue weighted by Crippen LogP contribution is -1.82. The Balaban J connectivity index is 3.53. The van der Waals surface area contributed by atoms with Gasteiger partial charge in [-0.05, 0) is 25.2 Å². The van der Waals surface area contributed by atoms with E-state index < -0.39 is 7.75 Å². The number of rotatable bonds is 6. The molecule has 0 aromatic heterocycles. The van der Waals surface area contributed by atoms with Gasteiger partial charge in [0.1, 0.15) is 1.28 Å². The molecule has 0 unspecified atom stereocenters. The van der Waals surface area contributed by atoms with Gasteiger partial charge in [-0.15, -0.1) is 0 Å². The lowest BCUT2D eigenvalue weighted by Gasteiger charge is -1.97. The topological polar surface area (TPSA) is 17.1 Å². The highest BCUT2D eigenvalue weighted by atomic mass is 31.1. The van der Waals surface area contributed by atoms with Crippen LogP contribution in [-0.4, -0.2) is 13.6 Å². The molecule has 0 radical (unpaired) electrons. The Morgan fingerprint density at radius 1 is 1.20 bits per heavy atom. The summed E-state index contributed by atoms with van der Waals surface area (Å²) in [6, 6.07) is 0. The van der Waals surface area contributed by atoms with Crippen molar-refractivity contribution in [1.82, 2.24) is 0 Å². The van der Waals surface area contributed by atoms with Crippen molar-refractivity contribution in [3.63, 3.8) is 0 Å². The van der Waals surface area contributed by atoms with Crippen molar-refractivity contribution in [2.75, 3.05) is 12.3 Å². The first-order valence-electron chi connectivity index (χ1n) is 4.68. The van der Waals surface area contributed by atoms with Gasteiger partial charge >= 0.3 is 0 Å². The predicted molar refractivity (Wildman–Crippen MR) is 48.6 cm³/mol. The zero-order valence-corrected chi connectivity index (χ0v) is 7.99. The van der Waals surface area contributed by atoms with E-state index in [0.717, 1.165) is 25.7 Å². The maximum atomic E-state index is 11.4. The molecule has 0 rings (SSSR count). The average molecular weight is 163 g/mol. The molecule has 0 saturated heterocycles. The minimum absolute atomic E-state index is 0.628. The Labute approximate surface area is 66.3 Å². The lowest BCUT2D eigenvalue weighted by molar-refractivity contribution is 0.584. The van der Waals surface area contributed by atoms with Crippen molar-refractivity contribution in [2.45, 2.75) is 39.5 Å². The summed E-state index contributed by atoms with van der Waals surface area (Å²) < 4.78 is 18.9.